The van der Waals surface area contributed by atoms with Gasteiger partial charge in [-0.15, -0.1) is 0 Å². The Morgan fingerprint density at radius 1 is 1.16 bits per heavy atom. The number of sulfonamides is 1. The summed E-state index contributed by atoms with van der Waals surface area (Å²) in [5.74, 6) is -0.0696. The standard InChI is InChI=1S/C14H15N7O3S/c15-25(23,24)14-12(13-18-20-21-19-13)9(3-4-16-14)7-1-2-10-8(5-7)6-11(22)17-10/h1-5,13,18-21H,6H2,(H,17,22)(H2,15,23,24). The zero-order chi connectivity index (χ0) is 17.6. The van der Waals surface area contributed by atoms with Crippen LogP contribution in [0.5, 0.6) is 0 Å². The number of carbonyl (C=O) groups is 1. The third-order valence-corrected chi connectivity index (χ3v) is 4.91. The molecule has 0 unspecified atom stereocenters. The van der Waals surface area contributed by atoms with Crippen LogP contribution in [0.3, 0.4) is 0 Å². The summed E-state index contributed by atoms with van der Waals surface area (Å²) in [6, 6.07) is 7.17. The number of nitrogens with two attached hydrogens (primary N) is 1. The zero-order valence-electron chi connectivity index (χ0n) is 12.8. The van der Waals surface area contributed by atoms with Crippen LogP contribution in [0.1, 0.15) is 17.3 Å². The molecule has 4 rings (SSSR count). The molecule has 0 atom stereocenters. The summed E-state index contributed by atoms with van der Waals surface area (Å²) < 4.78 is 24.0. The Balaban J connectivity index is 1.90. The molecule has 130 valence electrons. The monoisotopic (exact) mass is 361 g/mol. The number of hydrogen-bond donors (Lipinski definition) is 6. The van der Waals surface area contributed by atoms with E-state index in [0.717, 1.165) is 16.8 Å². The van der Waals surface area contributed by atoms with Crippen LogP contribution in [0.2, 0.25) is 0 Å². The molecule has 0 spiro atoms. The lowest BCUT2D eigenvalue weighted by Crippen LogP contribution is -2.33. The fourth-order valence-electron chi connectivity index (χ4n) is 3.01. The maximum absolute atomic E-state index is 12.0. The molecule has 0 bridgehead atoms. The van der Waals surface area contributed by atoms with Crippen molar-refractivity contribution in [3.63, 3.8) is 0 Å². The van der Waals surface area contributed by atoms with E-state index in [2.05, 4.69) is 32.2 Å². The summed E-state index contributed by atoms with van der Waals surface area (Å²) in [5.41, 5.74) is 14.4. The number of rotatable bonds is 3. The summed E-state index contributed by atoms with van der Waals surface area (Å²) in [7, 11) is -4.03. The number of hydrogen-bond acceptors (Lipinski definition) is 8. The largest absolute Gasteiger partial charge is 0.326 e. The van der Waals surface area contributed by atoms with Gasteiger partial charge in [-0.25, -0.2) is 29.4 Å². The van der Waals surface area contributed by atoms with Gasteiger partial charge < -0.3 is 5.32 Å². The maximum Gasteiger partial charge on any atom is 0.255 e. The Bertz CT molecular complexity index is 970. The Labute approximate surface area is 143 Å². The summed E-state index contributed by atoms with van der Waals surface area (Å²) >= 11 is 0. The molecule has 0 radical (unpaired) electrons. The highest BCUT2D eigenvalue weighted by Crippen LogP contribution is 2.34. The van der Waals surface area contributed by atoms with Crippen LogP contribution in [-0.2, 0) is 21.2 Å². The number of primary sulfonamides is 1. The number of aromatic nitrogens is 1. The molecule has 2 aliphatic heterocycles. The van der Waals surface area contributed by atoms with Gasteiger partial charge in [0.15, 0.2) is 5.03 Å². The number of fused-ring (bicyclic) bond motifs is 1. The smallest absolute Gasteiger partial charge is 0.255 e. The number of pyridine rings is 1. The summed E-state index contributed by atoms with van der Waals surface area (Å²) in [6.07, 6.45) is 1.10. The Morgan fingerprint density at radius 3 is 2.64 bits per heavy atom. The van der Waals surface area contributed by atoms with Crippen LogP contribution in [-0.4, -0.2) is 19.3 Å². The van der Waals surface area contributed by atoms with E-state index in [1.165, 1.54) is 6.20 Å². The second-order valence-corrected chi connectivity index (χ2v) is 7.17. The first kappa shape index (κ1) is 16.1. The third kappa shape index (κ3) is 2.89. The quantitative estimate of drug-likeness (QED) is 0.408. The van der Waals surface area contributed by atoms with Gasteiger partial charge in [-0.05, 0) is 34.9 Å². The molecule has 2 aromatic rings. The molecule has 1 amide bonds. The van der Waals surface area contributed by atoms with E-state index in [1.54, 1.807) is 12.1 Å². The van der Waals surface area contributed by atoms with Gasteiger partial charge in [-0.1, -0.05) is 6.07 Å². The molecular formula is C14H15N7O3S. The third-order valence-electron chi connectivity index (χ3n) is 4.05. The van der Waals surface area contributed by atoms with E-state index in [4.69, 9.17) is 5.14 Å². The Morgan fingerprint density at radius 2 is 1.92 bits per heavy atom. The van der Waals surface area contributed by atoms with E-state index in [1.807, 2.05) is 12.1 Å². The SMILES string of the molecule is NS(=O)(=O)c1nccc(-c2ccc3c(c2)CC(=O)N3)c1C1NNNN1. The normalized spacial score (nSPS) is 17.6. The van der Waals surface area contributed by atoms with Crippen molar-refractivity contribution in [1.29, 1.82) is 0 Å². The van der Waals surface area contributed by atoms with Gasteiger partial charge in [0, 0.05) is 17.4 Å². The minimum atomic E-state index is -4.03. The molecule has 1 saturated heterocycles. The summed E-state index contributed by atoms with van der Waals surface area (Å²) in [6.45, 7) is 0. The highest BCUT2D eigenvalue weighted by atomic mass is 32.2. The van der Waals surface area contributed by atoms with Crippen LogP contribution < -0.4 is 32.4 Å². The molecule has 2 aliphatic rings. The van der Waals surface area contributed by atoms with Crippen molar-refractivity contribution < 1.29 is 13.2 Å². The predicted octanol–water partition coefficient (Wildman–Crippen LogP) is -0.994. The Kier molecular flexibility index (Phi) is 3.76. The fourth-order valence-corrected chi connectivity index (χ4v) is 3.75. The molecular weight excluding hydrogens is 346 g/mol. The average Bonchev–Trinajstić information content (AvgIpc) is 3.20. The van der Waals surface area contributed by atoms with Crippen molar-refractivity contribution in [2.24, 2.45) is 5.14 Å². The van der Waals surface area contributed by atoms with Crippen molar-refractivity contribution >= 4 is 21.6 Å². The van der Waals surface area contributed by atoms with Crippen molar-refractivity contribution in [1.82, 2.24) is 26.9 Å². The minimum absolute atomic E-state index is 0.0696. The van der Waals surface area contributed by atoms with Crippen LogP contribution >= 0.6 is 0 Å². The van der Waals surface area contributed by atoms with Crippen LogP contribution in [0.4, 0.5) is 5.69 Å². The van der Waals surface area contributed by atoms with Crippen LogP contribution in [0, 0.1) is 0 Å². The molecule has 1 fully saturated rings. The fraction of sp³-hybridized carbons (Fsp3) is 0.143. The second kappa shape index (κ2) is 5.84. The molecule has 0 aliphatic carbocycles. The van der Waals surface area contributed by atoms with Gasteiger partial charge >= 0.3 is 0 Å². The van der Waals surface area contributed by atoms with E-state index in [-0.39, 0.29) is 17.4 Å². The van der Waals surface area contributed by atoms with E-state index in [0.29, 0.717) is 11.1 Å². The number of anilines is 1. The molecule has 1 aromatic carbocycles. The van der Waals surface area contributed by atoms with Gasteiger partial charge in [0.1, 0.15) is 6.17 Å². The van der Waals surface area contributed by atoms with Crippen molar-refractivity contribution in [3.05, 3.63) is 41.6 Å². The Hall–Kier alpha value is -2.41. The van der Waals surface area contributed by atoms with Gasteiger partial charge in [0.25, 0.3) is 10.0 Å². The lowest BCUT2D eigenvalue weighted by Gasteiger charge is -2.18. The predicted molar refractivity (Wildman–Crippen MR) is 88.7 cm³/mol. The van der Waals surface area contributed by atoms with Gasteiger partial charge in [0.05, 0.1) is 6.42 Å². The van der Waals surface area contributed by atoms with Gasteiger partial charge in [0.2, 0.25) is 5.91 Å². The van der Waals surface area contributed by atoms with Crippen LogP contribution in [0.25, 0.3) is 11.1 Å². The first-order valence-electron chi connectivity index (χ1n) is 7.39. The first-order valence-corrected chi connectivity index (χ1v) is 8.94. The average molecular weight is 361 g/mol. The highest BCUT2D eigenvalue weighted by Gasteiger charge is 2.29. The molecule has 25 heavy (non-hydrogen) atoms. The molecule has 7 N–H and O–H groups in total. The number of carbonyl (C=O) groups excluding carboxylic acids is 1. The van der Waals surface area contributed by atoms with Gasteiger partial charge in [-0.2, -0.15) is 11.1 Å². The zero-order valence-corrected chi connectivity index (χ0v) is 13.6. The molecule has 3 heterocycles. The van der Waals surface area contributed by atoms with Crippen molar-refractivity contribution in [2.75, 3.05) is 5.32 Å². The lowest BCUT2D eigenvalue weighted by atomic mass is 9.97. The van der Waals surface area contributed by atoms with Crippen LogP contribution in [0.15, 0.2) is 35.5 Å². The minimum Gasteiger partial charge on any atom is -0.326 e. The molecule has 11 heteroatoms. The number of benzene rings is 1. The van der Waals surface area contributed by atoms with E-state index < -0.39 is 16.2 Å². The first-order chi connectivity index (χ1) is 11.9. The number of nitrogens with zero attached hydrogens (tertiary/aromatic N) is 1. The highest BCUT2D eigenvalue weighted by molar-refractivity contribution is 7.89. The lowest BCUT2D eigenvalue weighted by molar-refractivity contribution is -0.115. The van der Waals surface area contributed by atoms with Gasteiger partial charge in [-0.3, -0.25) is 4.79 Å². The summed E-state index contributed by atoms with van der Waals surface area (Å²) in [5, 5.41) is 7.88. The summed E-state index contributed by atoms with van der Waals surface area (Å²) in [4.78, 5) is 15.5. The van der Waals surface area contributed by atoms with Crippen molar-refractivity contribution in [3.8, 4) is 11.1 Å². The maximum atomic E-state index is 12.0. The van der Waals surface area contributed by atoms with Crippen molar-refractivity contribution in [2.45, 2.75) is 17.6 Å². The topological polar surface area (TPSA) is 150 Å². The van der Waals surface area contributed by atoms with E-state index in [9.17, 15) is 13.2 Å². The molecule has 0 saturated carbocycles. The number of nitrogens with one attached hydrogen (secondary N) is 5. The molecule has 10 nitrogen and oxygen atoms in total. The number of hydrazine groups is 3. The van der Waals surface area contributed by atoms with E-state index >= 15 is 0 Å². The number of amides is 1. The second-order valence-electron chi connectivity index (χ2n) is 5.69. The molecule has 1 aromatic heterocycles.